The van der Waals surface area contributed by atoms with Gasteiger partial charge in [0.2, 0.25) is 0 Å². The molecular formula is C2H2Cl3NS2. The summed E-state index contributed by atoms with van der Waals surface area (Å²) in [6.45, 7) is 0. The molecule has 0 radical (unpaired) electrons. The maximum atomic E-state index is 5.49. The topological polar surface area (TPSA) is 12.0 Å². The molecular weight excluding hydrogens is 209 g/mol. The normalized spacial score (nSPS) is 17.8. The largest absolute Gasteiger partial charge is 0.309 e. The average Bonchev–Trinajstić information content (AvgIpc) is 1.91. The van der Waals surface area contributed by atoms with E-state index in [-0.39, 0.29) is 12.4 Å². The van der Waals surface area contributed by atoms with Gasteiger partial charge in [-0.25, -0.2) is 0 Å². The molecule has 1 rings (SSSR count). The third kappa shape index (κ3) is 2.15. The summed E-state index contributed by atoms with van der Waals surface area (Å²) in [4.78, 5) is 0. The van der Waals surface area contributed by atoms with E-state index in [0.29, 0.717) is 9.52 Å². The molecule has 0 atom stereocenters. The maximum absolute atomic E-state index is 5.49. The summed E-state index contributed by atoms with van der Waals surface area (Å²) in [5.74, 6) is 0. The molecule has 0 spiro atoms. The van der Waals surface area contributed by atoms with Crippen LogP contribution in [0.4, 0.5) is 0 Å². The van der Waals surface area contributed by atoms with Crippen LogP contribution in [-0.2, 0) is 0 Å². The van der Waals surface area contributed by atoms with Crippen molar-refractivity contribution in [1.82, 2.24) is 4.72 Å². The van der Waals surface area contributed by atoms with Crippen LogP contribution in [0.15, 0.2) is 9.52 Å². The first kappa shape index (κ1) is 9.11. The molecule has 0 aromatic rings. The zero-order chi connectivity index (χ0) is 5.28. The van der Waals surface area contributed by atoms with Gasteiger partial charge in [-0.05, 0) is 10.8 Å². The lowest BCUT2D eigenvalue weighted by Gasteiger charge is -1.82. The van der Waals surface area contributed by atoms with Crippen LogP contribution in [0.25, 0.3) is 0 Å². The minimum Gasteiger partial charge on any atom is -0.309 e. The van der Waals surface area contributed by atoms with Gasteiger partial charge in [-0.15, -0.1) is 12.4 Å². The van der Waals surface area contributed by atoms with Gasteiger partial charge in [-0.1, -0.05) is 23.2 Å². The van der Waals surface area contributed by atoms with Crippen LogP contribution in [0.1, 0.15) is 0 Å². The summed E-state index contributed by atoms with van der Waals surface area (Å²) in [7, 11) is 2.84. The number of hydrogen-bond acceptors (Lipinski definition) is 3. The summed E-state index contributed by atoms with van der Waals surface area (Å²) in [6, 6.07) is 0. The summed E-state index contributed by atoms with van der Waals surface area (Å²) < 4.78 is 3.39. The van der Waals surface area contributed by atoms with Crippen molar-refractivity contribution in [2.75, 3.05) is 0 Å². The van der Waals surface area contributed by atoms with Crippen molar-refractivity contribution in [3.05, 3.63) is 9.52 Å². The summed E-state index contributed by atoms with van der Waals surface area (Å²) >= 11 is 10.9. The fourth-order valence-corrected chi connectivity index (χ4v) is 2.39. The Labute approximate surface area is 71.5 Å². The van der Waals surface area contributed by atoms with Crippen molar-refractivity contribution in [2.45, 2.75) is 0 Å². The Bertz CT molecular complexity index is 102. The molecule has 0 aliphatic carbocycles. The highest BCUT2D eigenvalue weighted by Crippen LogP contribution is 2.40. The van der Waals surface area contributed by atoms with E-state index in [1.165, 1.54) is 21.8 Å². The molecule has 1 N–H and O–H groups in total. The van der Waals surface area contributed by atoms with Gasteiger partial charge in [0.05, 0.1) is 0 Å². The van der Waals surface area contributed by atoms with Crippen LogP contribution in [-0.4, -0.2) is 0 Å². The van der Waals surface area contributed by atoms with E-state index in [1.807, 2.05) is 0 Å². The lowest BCUT2D eigenvalue weighted by atomic mass is 11.1. The van der Waals surface area contributed by atoms with E-state index < -0.39 is 0 Å². The first-order chi connectivity index (χ1) is 3.30. The standard InChI is InChI=1S/C2HCl2NS2.ClH/c3-1-2(4)6-7-5-1;/h5H;1H. The van der Waals surface area contributed by atoms with Gasteiger partial charge in [0, 0.05) is 11.0 Å². The molecule has 0 saturated heterocycles. The zero-order valence-corrected chi connectivity index (χ0v) is 7.44. The van der Waals surface area contributed by atoms with Crippen molar-refractivity contribution in [3.63, 3.8) is 0 Å². The van der Waals surface area contributed by atoms with Crippen LogP contribution in [0.2, 0.25) is 0 Å². The molecule has 0 bridgehead atoms. The molecule has 48 valence electrons. The first-order valence-electron chi connectivity index (χ1n) is 1.45. The van der Waals surface area contributed by atoms with Crippen molar-refractivity contribution < 1.29 is 0 Å². The summed E-state index contributed by atoms with van der Waals surface area (Å²) in [5.41, 5.74) is 0. The fourth-order valence-electron chi connectivity index (χ4n) is 0.171. The smallest absolute Gasteiger partial charge is 0.139 e. The van der Waals surface area contributed by atoms with E-state index in [2.05, 4.69) is 4.72 Å². The predicted molar refractivity (Wildman–Crippen MR) is 44.3 cm³/mol. The molecule has 6 heteroatoms. The number of hydrogen-bond donors (Lipinski definition) is 1. The van der Waals surface area contributed by atoms with Gasteiger partial charge >= 0.3 is 0 Å². The Balaban J connectivity index is 0.000000490. The Kier molecular flexibility index (Phi) is 4.57. The fraction of sp³-hybridized carbons (Fsp3) is 0. The molecule has 0 unspecified atom stereocenters. The molecule has 0 amide bonds. The van der Waals surface area contributed by atoms with Crippen LogP contribution >= 0.6 is 57.4 Å². The minimum absolute atomic E-state index is 0. The molecule has 0 aromatic carbocycles. The van der Waals surface area contributed by atoms with Gasteiger partial charge in [-0.2, -0.15) is 0 Å². The third-order valence-corrected chi connectivity index (χ3v) is 3.44. The highest BCUT2D eigenvalue weighted by molar-refractivity contribution is 8.78. The number of rotatable bonds is 0. The van der Waals surface area contributed by atoms with Gasteiger partial charge in [0.25, 0.3) is 0 Å². The third-order valence-electron chi connectivity index (χ3n) is 0.419. The van der Waals surface area contributed by atoms with E-state index >= 15 is 0 Å². The first-order valence-corrected chi connectivity index (χ1v) is 4.36. The molecule has 0 saturated carbocycles. The predicted octanol–water partition coefficient (Wildman–Crippen LogP) is 2.91. The SMILES string of the molecule is Cl.ClC1=C(Cl)SSN1. The quantitative estimate of drug-likeness (QED) is 0.375. The molecule has 8 heavy (non-hydrogen) atoms. The van der Waals surface area contributed by atoms with Crippen molar-refractivity contribution >= 4 is 57.4 Å². The second-order valence-corrected chi connectivity index (χ2v) is 3.78. The maximum Gasteiger partial charge on any atom is 0.139 e. The highest BCUT2D eigenvalue weighted by Gasteiger charge is 2.09. The van der Waals surface area contributed by atoms with Crippen molar-refractivity contribution in [1.29, 1.82) is 0 Å². The monoisotopic (exact) mass is 209 g/mol. The molecule has 1 aliphatic rings. The van der Waals surface area contributed by atoms with E-state index in [9.17, 15) is 0 Å². The van der Waals surface area contributed by atoms with Crippen LogP contribution in [0, 0.1) is 0 Å². The Morgan fingerprint density at radius 3 is 2.12 bits per heavy atom. The highest BCUT2D eigenvalue weighted by atomic mass is 35.5. The second kappa shape index (κ2) is 4.01. The van der Waals surface area contributed by atoms with Gasteiger partial charge < -0.3 is 4.72 Å². The molecule has 0 aromatic heterocycles. The summed E-state index contributed by atoms with van der Waals surface area (Å²) in [6.07, 6.45) is 0. The lowest BCUT2D eigenvalue weighted by molar-refractivity contribution is 1.40. The van der Waals surface area contributed by atoms with E-state index in [0.717, 1.165) is 0 Å². The van der Waals surface area contributed by atoms with Gasteiger partial charge in [0.1, 0.15) is 9.52 Å². The van der Waals surface area contributed by atoms with Crippen molar-refractivity contribution in [3.8, 4) is 0 Å². The van der Waals surface area contributed by atoms with Gasteiger partial charge in [-0.3, -0.25) is 0 Å². The molecule has 0 fully saturated rings. The Morgan fingerprint density at radius 2 is 2.00 bits per heavy atom. The zero-order valence-electron chi connectivity index (χ0n) is 3.48. The summed E-state index contributed by atoms with van der Waals surface area (Å²) in [5, 5.41) is 0.539. The van der Waals surface area contributed by atoms with Crippen LogP contribution in [0.5, 0.6) is 0 Å². The van der Waals surface area contributed by atoms with Crippen molar-refractivity contribution in [2.24, 2.45) is 0 Å². The second-order valence-electron chi connectivity index (χ2n) is 0.856. The molecule has 1 nitrogen and oxygen atoms in total. The lowest BCUT2D eigenvalue weighted by Crippen LogP contribution is -1.87. The van der Waals surface area contributed by atoms with E-state index in [4.69, 9.17) is 23.2 Å². The van der Waals surface area contributed by atoms with E-state index in [1.54, 1.807) is 0 Å². The van der Waals surface area contributed by atoms with Gasteiger partial charge in [0.15, 0.2) is 0 Å². The molecule has 1 aliphatic heterocycles. The number of nitrogens with one attached hydrogen (secondary N) is 1. The number of halogens is 3. The molecule has 1 heterocycles. The minimum atomic E-state index is 0. The van der Waals surface area contributed by atoms with Crippen LogP contribution in [0.3, 0.4) is 0 Å². The average molecular weight is 211 g/mol. The Morgan fingerprint density at radius 1 is 1.38 bits per heavy atom. The van der Waals surface area contributed by atoms with Crippen LogP contribution < -0.4 is 4.72 Å². The Hall–Kier alpha value is 1.11.